The number of hydrogen-bond acceptors (Lipinski definition) is 0. The summed E-state index contributed by atoms with van der Waals surface area (Å²) in [4.78, 5) is 0. The van der Waals surface area contributed by atoms with Crippen molar-refractivity contribution in [2.24, 2.45) is 0 Å². The molecule has 0 atom stereocenters. The van der Waals surface area contributed by atoms with Crippen LogP contribution in [-0.2, 0) is 0 Å². The summed E-state index contributed by atoms with van der Waals surface area (Å²) >= 11 is 17.7. The lowest BCUT2D eigenvalue weighted by Gasteiger charge is -2.34. The molecule has 0 aliphatic carbocycles. The highest BCUT2D eigenvalue weighted by Crippen LogP contribution is 2.29. The van der Waals surface area contributed by atoms with Crippen LogP contribution < -0.4 is 0 Å². The van der Waals surface area contributed by atoms with Crippen molar-refractivity contribution >= 4 is 39.4 Å². The van der Waals surface area contributed by atoms with Crippen LogP contribution in [-0.4, -0.2) is 31.0 Å². The number of quaternary nitrogens is 1. The summed E-state index contributed by atoms with van der Waals surface area (Å²) in [6.45, 7) is 3.10. The van der Waals surface area contributed by atoms with Gasteiger partial charge in [0.2, 0.25) is 0 Å². The van der Waals surface area contributed by atoms with Crippen molar-refractivity contribution in [3.8, 4) is 0 Å². The fourth-order valence-corrected chi connectivity index (χ4v) is 1.85. The van der Waals surface area contributed by atoms with E-state index < -0.39 is 6.16 Å². The van der Waals surface area contributed by atoms with E-state index in [4.69, 9.17) is 33.2 Å². The molecule has 0 radical (unpaired) electrons. The van der Waals surface area contributed by atoms with Crippen molar-refractivity contribution in [3.05, 3.63) is 0 Å². The zero-order valence-corrected chi connectivity index (χ0v) is 10.5. The van der Waals surface area contributed by atoms with E-state index in [0.29, 0.717) is 4.15 Å². The van der Waals surface area contributed by atoms with Gasteiger partial charge in [-0.2, -0.15) is 0 Å². The Hall–Kier alpha value is 1.05. The highest BCUT2D eigenvalue weighted by molar-refractivity contribution is 7.61. The maximum Gasteiger partial charge on any atom is 0.590 e. The van der Waals surface area contributed by atoms with Gasteiger partial charge in [0.05, 0.1) is 20.6 Å². The first-order valence-corrected chi connectivity index (χ1v) is 8.69. The maximum atomic E-state index is 5.90. The van der Waals surface area contributed by atoms with Gasteiger partial charge >= 0.3 is 6.16 Å². The average Bonchev–Trinajstić information content (AvgIpc) is 1.81. The third-order valence-electron chi connectivity index (χ3n) is 1.76. The minimum atomic E-state index is -2.57. The van der Waals surface area contributed by atoms with Crippen molar-refractivity contribution in [3.63, 3.8) is 0 Å². The number of halogens is 3. The van der Waals surface area contributed by atoms with Crippen LogP contribution in [0.15, 0.2) is 0 Å². The van der Waals surface area contributed by atoms with E-state index in [-0.39, 0.29) is 0 Å². The zero-order valence-electron chi connectivity index (χ0n) is 7.20. The largest absolute Gasteiger partial charge is 0.590 e. The molecule has 0 aliphatic rings. The van der Waals surface area contributed by atoms with E-state index in [1.165, 1.54) is 0 Å². The number of hydrogen-bond donors (Lipinski definition) is 0. The number of unbranched alkanes of at least 4 members (excludes halogenated alkanes) is 1. The van der Waals surface area contributed by atoms with Gasteiger partial charge in [-0.3, -0.25) is 0 Å². The molecule has 0 heterocycles. The van der Waals surface area contributed by atoms with Gasteiger partial charge in [0.15, 0.2) is 0 Å². The van der Waals surface area contributed by atoms with Crippen LogP contribution in [0.3, 0.4) is 0 Å². The lowest BCUT2D eigenvalue weighted by atomic mass is 10.3. The Labute approximate surface area is 84.0 Å². The monoisotopic (exact) mass is 234 g/mol. The predicted octanol–water partition coefficient (Wildman–Crippen LogP) is 3.01. The maximum absolute atomic E-state index is 5.90. The molecule has 0 fully saturated rings. The summed E-state index contributed by atoms with van der Waals surface area (Å²) in [6.07, 6.45) is -0.299. The Kier molecular flexibility index (Phi) is 4.74. The molecule has 68 valence electrons. The molecule has 0 aromatic carbocycles. The highest BCUT2D eigenvalue weighted by Gasteiger charge is 2.47. The fraction of sp³-hybridized carbons (Fsp3) is 1.00. The Morgan fingerprint density at radius 1 is 1.18 bits per heavy atom. The van der Waals surface area contributed by atoms with E-state index in [1.807, 2.05) is 14.1 Å². The summed E-state index contributed by atoms with van der Waals surface area (Å²) in [5, 5.41) is 0. The minimum absolute atomic E-state index is 0.561. The Balaban J connectivity index is 4.00. The van der Waals surface area contributed by atoms with Crippen LogP contribution in [0.1, 0.15) is 19.8 Å². The second-order valence-corrected chi connectivity index (χ2v) is 12.0. The molecule has 0 spiro atoms. The molecule has 0 aromatic heterocycles. The molecule has 0 aliphatic heterocycles. The summed E-state index contributed by atoms with van der Waals surface area (Å²) < 4.78 is 0.561. The molecule has 0 bridgehead atoms. The fourth-order valence-electron chi connectivity index (χ4n) is 0.680. The zero-order chi connectivity index (χ0) is 9.12. The summed E-state index contributed by atoms with van der Waals surface area (Å²) in [6, 6.07) is 0. The lowest BCUT2D eigenvalue weighted by Crippen LogP contribution is -2.54. The SMILES string of the molecule is CCCC[N+](C)(C)[Si](Cl)(Cl)Cl. The summed E-state index contributed by atoms with van der Waals surface area (Å²) in [5.41, 5.74) is 0. The third-order valence-corrected chi connectivity index (χ3v) is 7.47. The number of nitrogens with zero attached hydrogens (tertiary/aromatic N) is 1. The molecular weight excluding hydrogens is 221 g/mol. The van der Waals surface area contributed by atoms with Crippen molar-refractivity contribution in [2.45, 2.75) is 19.8 Å². The summed E-state index contributed by atoms with van der Waals surface area (Å²) in [5.74, 6) is 0. The number of rotatable bonds is 4. The smallest absolute Gasteiger partial charge is 0.351 e. The van der Waals surface area contributed by atoms with Gasteiger partial charge in [-0.05, 0) is 6.42 Å². The molecule has 0 rings (SSSR count). The van der Waals surface area contributed by atoms with Gasteiger partial charge in [0.25, 0.3) is 0 Å². The topological polar surface area (TPSA) is 0 Å². The van der Waals surface area contributed by atoms with Crippen molar-refractivity contribution in [1.29, 1.82) is 0 Å². The Bertz CT molecular complexity index is 121. The van der Waals surface area contributed by atoms with Crippen LogP contribution >= 0.6 is 33.2 Å². The molecule has 0 N–H and O–H groups in total. The standard InChI is InChI=1S/C6H15Cl3NSi/c1-4-5-6-10(2,3)11(7,8)9/h4-6H2,1-3H3/q+1. The quantitative estimate of drug-likeness (QED) is 0.519. The molecule has 1 nitrogen and oxygen atoms in total. The average molecular weight is 236 g/mol. The van der Waals surface area contributed by atoms with Crippen molar-refractivity contribution in [2.75, 3.05) is 20.6 Å². The van der Waals surface area contributed by atoms with Crippen LogP contribution in [0.4, 0.5) is 0 Å². The van der Waals surface area contributed by atoms with E-state index in [9.17, 15) is 0 Å². The van der Waals surface area contributed by atoms with Crippen LogP contribution in [0.5, 0.6) is 0 Å². The van der Waals surface area contributed by atoms with Gasteiger partial charge in [-0.25, -0.2) is 0 Å². The molecule has 0 amide bonds. The molecule has 0 saturated carbocycles. The molecule has 0 unspecified atom stereocenters. The molecular formula is C6H15Cl3NSi+. The Morgan fingerprint density at radius 3 is 1.91 bits per heavy atom. The van der Waals surface area contributed by atoms with E-state index in [1.54, 1.807) is 0 Å². The lowest BCUT2D eigenvalue weighted by molar-refractivity contribution is -0.782. The molecule has 0 aromatic rings. The highest BCUT2D eigenvalue weighted by atomic mass is 35.8. The minimum Gasteiger partial charge on any atom is -0.351 e. The second kappa shape index (κ2) is 4.33. The first-order valence-electron chi connectivity index (χ1n) is 3.71. The van der Waals surface area contributed by atoms with Gasteiger partial charge in [-0.15, -0.1) is 0 Å². The van der Waals surface area contributed by atoms with Crippen LogP contribution in [0, 0.1) is 0 Å². The van der Waals surface area contributed by atoms with Gasteiger partial charge in [0, 0.05) is 0 Å². The third kappa shape index (κ3) is 3.99. The van der Waals surface area contributed by atoms with Crippen LogP contribution in [0.2, 0.25) is 0 Å². The van der Waals surface area contributed by atoms with Gasteiger partial charge < -0.3 is 4.15 Å². The normalized spacial score (nSPS) is 13.6. The van der Waals surface area contributed by atoms with E-state index in [0.717, 1.165) is 19.4 Å². The molecule has 5 heteroatoms. The first-order chi connectivity index (χ1) is 4.81. The van der Waals surface area contributed by atoms with Crippen LogP contribution in [0.25, 0.3) is 0 Å². The first kappa shape index (κ1) is 12.0. The van der Waals surface area contributed by atoms with Gasteiger partial charge in [0.1, 0.15) is 0 Å². The van der Waals surface area contributed by atoms with Crippen molar-refractivity contribution in [1.82, 2.24) is 0 Å². The van der Waals surface area contributed by atoms with E-state index in [2.05, 4.69) is 6.92 Å². The molecule has 0 saturated heterocycles. The Morgan fingerprint density at radius 2 is 1.64 bits per heavy atom. The van der Waals surface area contributed by atoms with Crippen molar-refractivity contribution < 1.29 is 4.15 Å². The van der Waals surface area contributed by atoms with E-state index >= 15 is 0 Å². The second-order valence-electron chi connectivity index (χ2n) is 3.23. The summed E-state index contributed by atoms with van der Waals surface area (Å²) in [7, 11) is 3.96. The predicted molar refractivity (Wildman–Crippen MR) is 55.2 cm³/mol. The molecule has 11 heavy (non-hydrogen) atoms. The van der Waals surface area contributed by atoms with Gasteiger partial charge in [-0.1, -0.05) is 46.6 Å².